The Kier molecular flexibility index (Phi) is 12.2. The SMILES string of the molecule is CCCC(=O)NN(NC(=O)C(C)C)C(=O)CCCC(NC(C)=O)NC(=O)CC. The van der Waals surface area contributed by atoms with Crippen molar-refractivity contribution in [1.82, 2.24) is 26.6 Å². The summed E-state index contributed by atoms with van der Waals surface area (Å²) in [4.78, 5) is 59.0. The number of carbonyl (C=O) groups is 5. The molecule has 10 nitrogen and oxygen atoms in total. The summed E-state index contributed by atoms with van der Waals surface area (Å²) in [5, 5.41) is 6.09. The standard InChI is InChI=1S/C18H33N5O5/c1-6-9-16(26)21-23(22-18(28)12(3)4)17(27)11-8-10-14(19-13(5)24)20-15(25)7-2/h12,14H,6-11H2,1-5H3,(H,19,24)(H,20,25)(H,21,26)(H,22,28). The van der Waals surface area contributed by atoms with Crippen LogP contribution >= 0.6 is 0 Å². The Morgan fingerprint density at radius 1 is 0.893 bits per heavy atom. The molecule has 4 N–H and O–H groups in total. The van der Waals surface area contributed by atoms with Crippen LogP contribution in [-0.2, 0) is 24.0 Å². The summed E-state index contributed by atoms with van der Waals surface area (Å²) < 4.78 is 0. The third-order valence-corrected chi connectivity index (χ3v) is 3.63. The van der Waals surface area contributed by atoms with E-state index in [-0.39, 0.29) is 42.9 Å². The molecule has 5 amide bonds. The van der Waals surface area contributed by atoms with Gasteiger partial charge < -0.3 is 10.6 Å². The van der Waals surface area contributed by atoms with E-state index in [2.05, 4.69) is 21.5 Å². The Balaban J connectivity index is 4.83. The van der Waals surface area contributed by atoms with Crippen LogP contribution in [0, 0.1) is 5.92 Å². The van der Waals surface area contributed by atoms with Crippen molar-refractivity contribution in [2.45, 2.75) is 79.3 Å². The Morgan fingerprint density at radius 2 is 1.54 bits per heavy atom. The molecule has 10 heteroatoms. The fraction of sp³-hybridized carbons (Fsp3) is 0.722. The van der Waals surface area contributed by atoms with Gasteiger partial charge in [0.05, 0.1) is 0 Å². The van der Waals surface area contributed by atoms with Crippen molar-refractivity contribution < 1.29 is 24.0 Å². The van der Waals surface area contributed by atoms with Crippen LogP contribution in [0.4, 0.5) is 0 Å². The van der Waals surface area contributed by atoms with Gasteiger partial charge in [-0.3, -0.25) is 24.0 Å². The predicted octanol–water partition coefficient (Wildman–Crippen LogP) is 0.492. The van der Waals surface area contributed by atoms with E-state index in [9.17, 15) is 24.0 Å². The Hall–Kier alpha value is -2.65. The second-order valence-electron chi connectivity index (χ2n) is 6.71. The number of nitrogens with one attached hydrogen (secondary N) is 4. The van der Waals surface area contributed by atoms with Crippen LogP contribution in [0.2, 0.25) is 0 Å². The van der Waals surface area contributed by atoms with Gasteiger partial charge in [-0.05, 0) is 19.3 Å². The summed E-state index contributed by atoms with van der Waals surface area (Å²) in [6.07, 6.45) is 1.15. The van der Waals surface area contributed by atoms with Crippen molar-refractivity contribution in [2.24, 2.45) is 5.92 Å². The topological polar surface area (TPSA) is 137 Å². The van der Waals surface area contributed by atoms with Crippen molar-refractivity contribution >= 4 is 29.5 Å². The number of hydrazine groups is 2. The molecule has 1 atom stereocenters. The maximum atomic E-state index is 12.4. The van der Waals surface area contributed by atoms with Gasteiger partial charge in [-0.15, -0.1) is 0 Å². The second kappa shape index (κ2) is 13.5. The molecule has 0 saturated carbocycles. The van der Waals surface area contributed by atoms with Gasteiger partial charge in [-0.1, -0.05) is 27.7 Å². The predicted molar refractivity (Wildman–Crippen MR) is 103 cm³/mol. The minimum Gasteiger partial charge on any atom is -0.336 e. The minimum atomic E-state index is -0.592. The largest absolute Gasteiger partial charge is 0.336 e. The van der Waals surface area contributed by atoms with Crippen LogP contribution in [0.1, 0.15) is 73.1 Å². The van der Waals surface area contributed by atoms with Gasteiger partial charge in [0.25, 0.3) is 5.91 Å². The van der Waals surface area contributed by atoms with Crippen LogP contribution in [-0.4, -0.2) is 40.8 Å². The highest BCUT2D eigenvalue weighted by Crippen LogP contribution is 2.03. The molecule has 0 aromatic carbocycles. The molecule has 0 radical (unpaired) electrons. The molecule has 0 spiro atoms. The molecule has 0 bridgehead atoms. The van der Waals surface area contributed by atoms with E-state index in [0.717, 1.165) is 5.12 Å². The number of amides is 5. The molecular weight excluding hydrogens is 366 g/mol. The highest BCUT2D eigenvalue weighted by molar-refractivity contribution is 5.85. The molecule has 0 rings (SSSR count). The lowest BCUT2D eigenvalue weighted by molar-refractivity contribution is -0.151. The first kappa shape index (κ1) is 25.4. The zero-order valence-electron chi connectivity index (χ0n) is 17.4. The average Bonchev–Trinajstić information content (AvgIpc) is 2.60. The molecule has 0 aliphatic rings. The fourth-order valence-corrected chi connectivity index (χ4v) is 2.09. The summed E-state index contributed by atoms with van der Waals surface area (Å²) in [5.41, 5.74) is 4.78. The third kappa shape index (κ3) is 11.1. The number of hydrogen-bond acceptors (Lipinski definition) is 5. The highest BCUT2D eigenvalue weighted by Gasteiger charge is 2.21. The van der Waals surface area contributed by atoms with Crippen LogP contribution in [0.3, 0.4) is 0 Å². The number of hydrogen-bond donors (Lipinski definition) is 4. The van der Waals surface area contributed by atoms with Gasteiger partial charge in [-0.2, -0.15) is 5.12 Å². The lowest BCUT2D eigenvalue weighted by Crippen LogP contribution is -2.56. The Morgan fingerprint density at radius 3 is 2.04 bits per heavy atom. The van der Waals surface area contributed by atoms with Gasteiger partial charge in [0, 0.05) is 32.1 Å². The van der Waals surface area contributed by atoms with E-state index in [4.69, 9.17) is 0 Å². The quantitative estimate of drug-likeness (QED) is 0.313. The second-order valence-corrected chi connectivity index (χ2v) is 6.71. The third-order valence-electron chi connectivity index (χ3n) is 3.63. The molecular formula is C18H33N5O5. The summed E-state index contributed by atoms with van der Waals surface area (Å²) in [5.74, 6) is -2.18. The van der Waals surface area contributed by atoms with Crippen molar-refractivity contribution in [3.8, 4) is 0 Å². The molecule has 0 aliphatic carbocycles. The molecule has 0 aromatic heterocycles. The van der Waals surface area contributed by atoms with E-state index in [1.807, 2.05) is 6.92 Å². The molecule has 1 unspecified atom stereocenters. The van der Waals surface area contributed by atoms with Gasteiger partial charge in [0.15, 0.2) is 0 Å². The van der Waals surface area contributed by atoms with Crippen LogP contribution < -0.4 is 21.5 Å². The molecule has 0 saturated heterocycles. The Bertz CT molecular complexity index is 565. The van der Waals surface area contributed by atoms with E-state index >= 15 is 0 Å². The number of nitrogens with zero attached hydrogens (tertiary/aromatic N) is 1. The van der Waals surface area contributed by atoms with Crippen LogP contribution in [0.15, 0.2) is 0 Å². The number of carbonyl (C=O) groups excluding carboxylic acids is 5. The lowest BCUT2D eigenvalue weighted by atomic mass is 10.2. The molecule has 28 heavy (non-hydrogen) atoms. The molecule has 0 heterocycles. The molecule has 0 fully saturated rings. The van der Waals surface area contributed by atoms with Crippen molar-refractivity contribution in [1.29, 1.82) is 0 Å². The van der Waals surface area contributed by atoms with Crippen LogP contribution in [0.5, 0.6) is 0 Å². The zero-order chi connectivity index (χ0) is 21.7. The van der Waals surface area contributed by atoms with Gasteiger partial charge in [-0.25, -0.2) is 10.9 Å². The monoisotopic (exact) mass is 399 g/mol. The zero-order valence-corrected chi connectivity index (χ0v) is 17.4. The molecule has 0 aromatic rings. The molecule has 0 aliphatic heterocycles. The van der Waals surface area contributed by atoms with E-state index in [0.29, 0.717) is 19.3 Å². The summed E-state index contributed by atoms with van der Waals surface area (Å²) in [7, 11) is 0. The smallest absolute Gasteiger partial charge is 0.260 e. The maximum absolute atomic E-state index is 12.4. The summed E-state index contributed by atoms with van der Waals surface area (Å²) >= 11 is 0. The lowest BCUT2D eigenvalue weighted by Gasteiger charge is -2.25. The van der Waals surface area contributed by atoms with E-state index in [1.54, 1.807) is 20.8 Å². The van der Waals surface area contributed by atoms with Gasteiger partial charge in [0.2, 0.25) is 23.6 Å². The first-order chi connectivity index (χ1) is 13.1. The number of rotatable bonds is 10. The van der Waals surface area contributed by atoms with E-state index in [1.165, 1.54) is 6.92 Å². The highest BCUT2D eigenvalue weighted by atomic mass is 16.2. The van der Waals surface area contributed by atoms with Crippen molar-refractivity contribution in [3.05, 3.63) is 0 Å². The van der Waals surface area contributed by atoms with Gasteiger partial charge >= 0.3 is 0 Å². The Labute approximate surface area is 166 Å². The summed E-state index contributed by atoms with van der Waals surface area (Å²) in [6.45, 7) is 8.19. The molecule has 160 valence electrons. The fourth-order valence-electron chi connectivity index (χ4n) is 2.09. The van der Waals surface area contributed by atoms with Crippen LogP contribution in [0.25, 0.3) is 0 Å². The maximum Gasteiger partial charge on any atom is 0.260 e. The normalized spacial score (nSPS) is 11.4. The van der Waals surface area contributed by atoms with Gasteiger partial charge in [0.1, 0.15) is 6.17 Å². The average molecular weight is 399 g/mol. The van der Waals surface area contributed by atoms with Crippen molar-refractivity contribution in [3.63, 3.8) is 0 Å². The van der Waals surface area contributed by atoms with Crippen molar-refractivity contribution in [2.75, 3.05) is 0 Å². The first-order valence-corrected chi connectivity index (χ1v) is 9.60. The summed E-state index contributed by atoms with van der Waals surface area (Å²) in [6, 6.07) is 0. The van der Waals surface area contributed by atoms with E-state index < -0.39 is 18.0 Å². The minimum absolute atomic E-state index is 0.00284. The first-order valence-electron chi connectivity index (χ1n) is 9.60.